The van der Waals surface area contributed by atoms with Crippen molar-refractivity contribution in [3.8, 4) is 0 Å². The number of hydrogen-bond donors (Lipinski definition) is 0. The van der Waals surface area contributed by atoms with Gasteiger partial charge in [-0.1, -0.05) is 84.9 Å². The highest BCUT2D eigenvalue weighted by Crippen LogP contribution is 2.60. The highest BCUT2D eigenvalue weighted by atomic mass is 35.5. The minimum Gasteiger partial charge on any atom is -0.454 e. The summed E-state index contributed by atoms with van der Waals surface area (Å²) in [5.74, 6) is -1.33. The first kappa shape index (κ1) is 21.6. The summed E-state index contributed by atoms with van der Waals surface area (Å²) in [5, 5.41) is 0. The van der Waals surface area contributed by atoms with E-state index in [-0.39, 0.29) is 5.92 Å². The third-order valence-electron chi connectivity index (χ3n) is 6.89. The second-order valence-corrected chi connectivity index (χ2v) is 9.39. The van der Waals surface area contributed by atoms with E-state index in [0.29, 0.717) is 11.1 Å². The molecule has 0 spiro atoms. The molecule has 35 heavy (non-hydrogen) atoms. The molecule has 3 aliphatic carbocycles. The van der Waals surface area contributed by atoms with E-state index >= 15 is 0 Å². The SMILES string of the molecule is O=C(OC1C2c3ccccc3C(Cl)(c3ccccc32)C1OC(=O)c1ccccc1)c1ccccc1. The summed E-state index contributed by atoms with van der Waals surface area (Å²) in [6.07, 6.45) is -1.74. The largest absolute Gasteiger partial charge is 0.454 e. The second-order valence-electron chi connectivity index (χ2n) is 8.79. The fourth-order valence-corrected chi connectivity index (χ4v) is 5.89. The van der Waals surface area contributed by atoms with Gasteiger partial charge in [0.1, 0.15) is 4.87 Å². The zero-order valence-corrected chi connectivity index (χ0v) is 19.4. The van der Waals surface area contributed by atoms with E-state index in [1.54, 1.807) is 48.5 Å². The molecule has 0 saturated carbocycles. The van der Waals surface area contributed by atoms with Gasteiger partial charge in [-0.15, -0.1) is 11.6 Å². The van der Waals surface area contributed by atoms with Crippen LogP contribution in [0.3, 0.4) is 0 Å². The Hall–Kier alpha value is -3.89. The first-order valence-electron chi connectivity index (χ1n) is 11.5. The third-order valence-corrected chi connectivity index (χ3v) is 7.51. The maximum absolute atomic E-state index is 13.2. The van der Waals surface area contributed by atoms with Crippen LogP contribution >= 0.6 is 11.6 Å². The van der Waals surface area contributed by atoms with Crippen molar-refractivity contribution in [1.29, 1.82) is 0 Å². The van der Waals surface area contributed by atoms with Crippen molar-refractivity contribution in [1.82, 2.24) is 0 Å². The van der Waals surface area contributed by atoms with E-state index < -0.39 is 29.0 Å². The summed E-state index contributed by atoms with van der Waals surface area (Å²) in [7, 11) is 0. The van der Waals surface area contributed by atoms with Crippen molar-refractivity contribution in [3.63, 3.8) is 0 Å². The Morgan fingerprint density at radius 1 is 0.600 bits per heavy atom. The Balaban J connectivity index is 1.50. The van der Waals surface area contributed by atoms with E-state index in [9.17, 15) is 9.59 Å². The van der Waals surface area contributed by atoms with Crippen LogP contribution in [0.4, 0.5) is 0 Å². The first-order valence-corrected chi connectivity index (χ1v) is 11.9. The minimum atomic E-state index is -1.21. The molecule has 5 heteroatoms. The molecular formula is C30H21ClO4. The number of hydrogen-bond acceptors (Lipinski definition) is 4. The molecule has 3 aliphatic rings. The maximum atomic E-state index is 13.2. The summed E-state index contributed by atoms with van der Waals surface area (Å²) in [5.41, 5.74) is 4.50. The number of benzene rings is 4. The first-order chi connectivity index (χ1) is 17.1. The van der Waals surface area contributed by atoms with Crippen molar-refractivity contribution in [2.75, 3.05) is 0 Å². The number of fused-ring (bicyclic) bond motifs is 1. The van der Waals surface area contributed by atoms with Crippen molar-refractivity contribution in [2.24, 2.45) is 0 Å². The zero-order chi connectivity index (χ0) is 24.0. The average molecular weight is 481 g/mol. The predicted molar refractivity (Wildman–Crippen MR) is 133 cm³/mol. The smallest absolute Gasteiger partial charge is 0.338 e. The fourth-order valence-electron chi connectivity index (χ4n) is 5.37. The van der Waals surface area contributed by atoms with E-state index in [1.807, 2.05) is 60.7 Å². The maximum Gasteiger partial charge on any atom is 0.338 e. The quantitative estimate of drug-likeness (QED) is 0.262. The molecule has 0 aromatic heterocycles. The van der Waals surface area contributed by atoms with Gasteiger partial charge in [-0.3, -0.25) is 0 Å². The molecular weight excluding hydrogens is 460 g/mol. The molecule has 0 amide bonds. The normalized spacial score (nSPS) is 23.6. The van der Waals surface area contributed by atoms with Crippen LogP contribution in [0.5, 0.6) is 0 Å². The number of rotatable bonds is 4. The standard InChI is InChI=1S/C30H21ClO4/c31-30-23-17-9-7-15-21(23)25(22-16-8-10-18-24(22)30)26(34-28(32)19-11-3-1-4-12-19)27(30)35-29(33)20-13-5-2-6-14-20/h1-18,25-27H. The molecule has 0 radical (unpaired) electrons. The van der Waals surface area contributed by atoms with Crippen LogP contribution in [0, 0.1) is 0 Å². The van der Waals surface area contributed by atoms with Crippen molar-refractivity contribution >= 4 is 23.5 Å². The highest BCUT2D eigenvalue weighted by Gasteiger charge is 2.62. The fraction of sp³-hybridized carbons (Fsp3) is 0.133. The summed E-state index contributed by atoms with van der Waals surface area (Å²) in [4.78, 5) is 25.2. The van der Waals surface area contributed by atoms with E-state index in [0.717, 1.165) is 22.3 Å². The van der Waals surface area contributed by atoms with Crippen LogP contribution in [0.2, 0.25) is 0 Å². The van der Waals surface area contributed by atoms with E-state index in [1.165, 1.54) is 0 Å². The molecule has 2 atom stereocenters. The van der Waals surface area contributed by atoms with Gasteiger partial charge < -0.3 is 9.47 Å². The van der Waals surface area contributed by atoms with Gasteiger partial charge in [-0.25, -0.2) is 9.59 Å². The lowest BCUT2D eigenvalue weighted by atomic mass is 9.60. The van der Waals surface area contributed by atoms with Crippen LogP contribution in [0.1, 0.15) is 48.9 Å². The molecule has 0 N–H and O–H groups in total. The zero-order valence-electron chi connectivity index (χ0n) is 18.6. The van der Waals surface area contributed by atoms with E-state index in [4.69, 9.17) is 21.1 Å². The Labute approximate surface area is 208 Å². The molecule has 4 aromatic rings. The second kappa shape index (κ2) is 8.40. The number of esters is 2. The summed E-state index contributed by atoms with van der Waals surface area (Å²) < 4.78 is 12.3. The molecule has 4 nitrogen and oxygen atoms in total. The van der Waals surface area contributed by atoms with Gasteiger partial charge in [0, 0.05) is 0 Å². The lowest BCUT2D eigenvalue weighted by molar-refractivity contribution is -0.0623. The van der Waals surface area contributed by atoms with Crippen LogP contribution in [-0.2, 0) is 14.3 Å². The van der Waals surface area contributed by atoms with Crippen LogP contribution < -0.4 is 0 Å². The Morgan fingerprint density at radius 3 is 1.54 bits per heavy atom. The number of carbonyl (C=O) groups excluding carboxylic acids is 2. The lowest BCUT2D eigenvalue weighted by Gasteiger charge is -2.53. The molecule has 2 unspecified atom stereocenters. The van der Waals surface area contributed by atoms with Crippen LogP contribution in [-0.4, -0.2) is 24.1 Å². The average Bonchev–Trinajstić information content (AvgIpc) is 2.91. The van der Waals surface area contributed by atoms with Crippen molar-refractivity contribution < 1.29 is 19.1 Å². The molecule has 4 aromatic carbocycles. The molecule has 0 heterocycles. The minimum absolute atomic E-state index is 0.329. The molecule has 0 aliphatic heterocycles. The Morgan fingerprint density at radius 2 is 1.03 bits per heavy atom. The van der Waals surface area contributed by atoms with Crippen molar-refractivity contribution in [2.45, 2.75) is 23.0 Å². The van der Waals surface area contributed by atoms with Gasteiger partial charge in [0.15, 0.2) is 12.2 Å². The summed E-state index contributed by atoms with van der Waals surface area (Å²) in [6.45, 7) is 0. The number of alkyl halides is 1. The van der Waals surface area contributed by atoms with Gasteiger partial charge >= 0.3 is 11.9 Å². The van der Waals surface area contributed by atoms with Crippen LogP contribution in [0.15, 0.2) is 109 Å². The molecule has 0 saturated heterocycles. The summed E-state index contributed by atoms with van der Waals surface area (Å²) in [6, 6.07) is 33.2. The predicted octanol–water partition coefficient (Wildman–Crippen LogP) is 6.08. The van der Waals surface area contributed by atoms with Gasteiger partial charge in [0.05, 0.1) is 17.0 Å². The monoisotopic (exact) mass is 480 g/mol. The Kier molecular flexibility index (Phi) is 5.19. The van der Waals surface area contributed by atoms with Crippen molar-refractivity contribution in [3.05, 3.63) is 143 Å². The molecule has 172 valence electrons. The topological polar surface area (TPSA) is 52.6 Å². The number of carbonyl (C=O) groups is 2. The van der Waals surface area contributed by atoms with Gasteiger partial charge in [0.2, 0.25) is 0 Å². The Bertz CT molecular complexity index is 1370. The van der Waals surface area contributed by atoms with E-state index in [2.05, 4.69) is 0 Å². The molecule has 0 fully saturated rings. The lowest BCUT2D eigenvalue weighted by Crippen LogP contribution is -2.58. The third kappa shape index (κ3) is 3.36. The molecule has 7 rings (SSSR count). The highest BCUT2D eigenvalue weighted by molar-refractivity contribution is 6.27. The van der Waals surface area contributed by atoms with Gasteiger partial charge in [0.25, 0.3) is 0 Å². The number of halogens is 1. The molecule has 2 bridgehead atoms. The van der Waals surface area contributed by atoms with Gasteiger partial charge in [-0.2, -0.15) is 0 Å². The number of ether oxygens (including phenoxy) is 2. The van der Waals surface area contributed by atoms with Gasteiger partial charge in [-0.05, 0) is 46.5 Å². The van der Waals surface area contributed by atoms with Crippen LogP contribution in [0.25, 0.3) is 0 Å². The summed E-state index contributed by atoms with van der Waals surface area (Å²) >= 11 is 7.51.